The molecule has 6 nitrogen and oxygen atoms in total. The van der Waals surface area contributed by atoms with Gasteiger partial charge in [0.15, 0.2) is 0 Å². The summed E-state index contributed by atoms with van der Waals surface area (Å²) in [5.74, 6) is 0.897. The first kappa shape index (κ1) is 19.5. The first-order valence-corrected chi connectivity index (χ1v) is 9.78. The van der Waals surface area contributed by atoms with Crippen LogP contribution in [-0.4, -0.2) is 32.7 Å². The largest absolute Gasteiger partial charge is 0.351 e. The van der Waals surface area contributed by atoms with Crippen molar-refractivity contribution in [3.63, 3.8) is 0 Å². The van der Waals surface area contributed by atoms with E-state index in [9.17, 15) is 9.59 Å². The minimum absolute atomic E-state index is 0.0191. The van der Waals surface area contributed by atoms with Crippen LogP contribution in [0.15, 0.2) is 24.3 Å². The Kier molecular flexibility index (Phi) is 5.36. The number of aromatic nitrogens is 3. The minimum Gasteiger partial charge on any atom is -0.351 e. The number of Topliss-reactive ketones (excluding diaryl/α,β-unsaturated/α-hetero) is 1. The Bertz CT molecular complexity index is 840. The van der Waals surface area contributed by atoms with Gasteiger partial charge in [0.25, 0.3) is 0 Å². The highest BCUT2D eigenvalue weighted by molar-refractivity contribution is 5.81. The van der Waals surface area contributed by atoms with Gasteiger partial charge < -0.3 is 5.32 Å². The summed E-state index contributed by atoms with van der Waals surface area (Å²) in [6, 6.07) is 7.82. The van der Waals surface area contributed by atoms with Gasteiger partial charge in [-0.1, -0.05) is 45.0 Å². The molecule has 146 valence electrons. The second kappa shape index (κ2) is 7.41. The number of nitrogens with zero attached hydrogens (tertiary/aromatic N) is 3. The number of nitrogens with one attached hydrogen (secondary N) is 1. The number of rotatable bonds is 7. The Hall–Kier alpha value is -2.24. The van der Waals surface area contributed by atoms with Gasteiger partial charge in [0.05, 0.1) is 18.1 Å². The second-order valence-electron chi connectivity index (χ2n) is 8.80. The molecule has 0 radical (unpaired) electrons. The van der Waals surface area contributed by atoms with Gasteiger partial charge in [-0.05, 0) is 42.7 Å². The van der Waals surface area contributed by atoms with Crippen molar-refractivity contribution in [1.82, 2.24) is 20.3 Å². The molecule has 1 fully saturated rings. The van der Waals surface area contributed by atoms with Crippen LogP contribution in [0.5, 0.6) is 0 Å². The zero-order chi connectivity index (χ0) is 19.8. The van der Waals surface area contributed by atoms with Gasteiger partial charge in [-0.25, -0.2) is 4.68 Å². The molecule has 1 amide bonds. The molecule has 1 aromatic carbocycles. The highest BCUT2D eigenvalue weighted by Crippen LogP contribution is 2.53. The molecule has 0 aliphatic heterocycles. The van der Waals surface area contributed by atoms with E-state index in [1.807, 2.05) is 28.9 Å². The van der Waals surface area contributed by atoms with Crippen LogP contribution in [0.3, 0.4) is 0 Å². The lowest BCUT2D eigenvalue weighted by Gasteiger charge is -2.51. The maximum Gasteiger partial charge on any atom is 0.220 e. The smallest absolute Gasteiger partial charge is 0.220 e. The van der Waals surface area contributed by atoms with E-state index in [0.29, 0.717) is 13.0 Å². The summed E-state index contributed by atoms with van der Waals surface area (Å²) in [7, 11) is 0. The first-order chi connectivity index (χ1) is 12.7. The number of ketones is 1. The van der Waals surface area contributed by atoms with Crippen molar-refractivity contribution in [2.24, 2.45) is 23.2 Å². The normalized spacial score (nSPS) is 22.4. The van der Waals surface area contributed by atoms with Crippen LogP contribution in [0.2, 0.25) is 0 Å². The third-order valence-corrected chi connectivity index (χ3v) is 6.33. The lowest BCUT2D eigenvalue weighted by Crippen LogP contribution is -2.51. The highest BCUT2D eigenvalue weighted by atomic mass is 16.1. The van der Waals surface area contributed by atoms with Crippen LogP contribution in [0.25, 0.3) is 11.0 Å². The third kappa shape index (κ3) is 3.89. The van der Waals surface area contributed by atoms with E-state index < -0.39 is 0 Å². The summed E-state index contributed by atoms with van der Waals surface area (Å²) < 4.78 is 1.86. The molecular formula is C21H30N4O2. The molecule has 1 aromatic heterocycles. The summed E-state index contributed by atoms with van der Waals surface area (Å²) >= 11 is 0. The van der Waals surface area contributed by atoms with Crippen LogP contribution in [0.4, 0.5) is 0 Å². The van der Waals surface area contributed by atoms with Gasteiger partial charge in [-0.2, -0.15) is 0 Å². The van der Waals surface area contributed by atoms with Crippen molar-refractivity contribution in [2.75, 3.05) is 0 Å². The molecule has 0 spiro atoms. The van der Waals surface area contributed by atoms with E-state index >= 15 is 0 Å². The van der Waals surface area contributed by atoms with Crippen molar-refractivity contribution < 1.29 is 9.59 Å². The number of hydrogen-bond acceptors (Lipinski definition) is 4. The van der Waals surface area contributed by atoms with Crippen LogP contribution in [0, 0.1) is 23.2 Å². The van der Waals surface area contributed by atoms with E-state index in [2.05, 4.69) is 43.3 Å². The number of benzene rings is 1. The second-order valence-corrected chi connectivity index (χ2v) is 8.80. The van der Waals surface area contributed by atoms with Gasteiger partial charge in [0.2, 0.25) is 5.91 Å². The van der Waals surface area contributed by atoms with Crippen LogP contribution in [-0.2, 0) is 16.1 Å². The van der Waals surface area contributed by atoms with Crippen molar-refractivity contribution in [2.45, 2.75) is 60.0 Å². The van der Waals surface area contributed by atoms with Crippen LogP contribution in [0.1, 0.15) is 47.5 Å². The van der Waals surface area contributed by atoms with Gasteiger partial charge >= 0.3 is 0 Å². The topological polar surface area (TPSA) is 76.9 Å². The molecule has 3 rings (SSSR count). The molecule has 2 aromatic rings. The predicted molar refractivity (Wildman–Crippen MR) is 105 cm³/mol. The molecule has 0 bridgehead atoms. The first-order valence-electron chi connectivity index (χ1n) is 9.78. The quantitative estimate of drug-likeness (QED) is 0.812. The van der Waals surface area contributed by atoms with Crippen LogP contribution >= 0.6 is 0 Å². The van der Waals surface area contributed by atoms with Crippen molar-refractivity contribution in [1.29, 1.82) is 0 Å². The van der Waals surface area contributed by atoms with E-state index in [-0.39, 0.29) is 40.9 Å². The lowest BCUT2D eigenvalue weighted by atomic mass is 9.52. The molecule has 1 saturated carbocycles. The molecule has 0 unspecified atom stereocenters. The van der Waals surface area contributed by atoms with Gasteiger partial charge in [0, 0.05) is 12.3 Å². The van der Waals surface area contributed by atoms with Gasteiger partial charge in [-0.3, -0.25) is 9.59 Å². The molecule has 1 heterocycles. The molecule has 3 atom stereocenters. The van der Waals surface area contributed by atoms with E-state index in [0.717, 1.165) is 17.5 Å². The number of amides is 1. The number of fused-ring (bicyclic) bond motifs is 1. The fraction of sp³-hybridized carbons (Fsp3) is 0.619. The standard InChI is InChI=1S/C21H30N4O2/c1-13(2)18(12-25-19-9-7-6-8-17(19)23-24-25)22-20(27)11-15-10-16(14(3)26)21(15,4)5/h6-9,13,15-16,18H,10-12H2,1-5H3,(H,22,27)/t15-,16-,18-/m0/s1. The Balaban J connectivity index is 1.63. The van der Waals surface area contributed by atoms with Crippen molar-refractivity contribution >= 4 is 22.7 Å². The molecule has 6 heteroatoms. The molecule has 1 N–H and O–H groups in total. The third-order valence-electron chi connectivity index (χ3n) is 6.33. The number of para-hydroxylation sites is 1. The molecule has 27 heavy (non-hydrogen) atoms. The van der Waals surface area contributed by atoms with E-state index in [1.54, 1.807) is 6.92 Å². The Morgan fingerprint density at radius 2 is 2.00 bits per heavy atom. The predicted octanol–water partition coefficient (Wildman–Crippen LogP) is 3.21. The summed E-state index contributed by atoms with van der Waals surface area (Å²) in [6.07, 6.45) is 1.29. The molecule has 0 saturated heterocycles. The summed E-state index contributed by atoms with van der Waals surface area (Å²) in [5.41, 5.74) is 1.73. The monoisotopic (exact) mass is 370 g/mol. The Morgan fingerprint density at radius 1 is 1.30 bits per heavy atom. The minimum atomic E-state index is -0.0986. The Labute approximate surface area is 160 Å². The highest BCUT2D eigenvalue weighted by Gasteiger charge is 2.50. The van der Waals surface area contributed by atoms with E-state index in [1.165, 1.54) is 0 Å². The number of carbonyl (C=O) groups excluding carboxylic acids is 2. The maximum absolute atomic E-state index is 12.7. The summed E-state index contributed by atoms with van der Waals surface area (Å²) in [5, 5.41) is 11.6. The van der Waals surface area contributed by atoms with Crippen molar-refractivity contribution in [3.05, 3.63) is 24.3 Å². The number of hydrogen-bond donors (Lipinski definition) is 1. The number of carbonyl (C=O) groups is 2. The lowest BCUT2D eigenvalue weighted by molar-refractivity contribution is -0.141. The van der Waals surface area contributed by atoms with Gasteiger partial charge in [0.1, 0.15) is 11.3 Å². The maximum atomic E-state index is 12.7. The fourth-order valence-corrected chi connectivity index (χ4v) is 4.20. The van der Waals surface area contributed by atoms with Crippen LogP contribution < -0.4 is 5.32 Å². The average Bonchev–Trinajstić information content (AvgIpc) is 3.00. The van der Waals surface area contributed by atoms with Gasteiger partial charge in [-0.15, -0.1) is 5.10 Å². The Morgan fingerprint density at radius 3 is 2.63 bits per heavy atom. The summed E-state index contributed by atoms with van der Waals surface area (Å²) in [6.45, 7) is 10.6. The SMILES string of the molecule is CC(=O)[C@@H]1C[C@@H](CC(=O)N[C@@H](Cn2nnc3ccccc32)C(C)C)C1(C)C. The molecule has 1 aliphatic rings. The molecular weight excluding hydrogens is 340 g/mol. The van der Waals surface area contributed by atoms with E-state index in [4.69, 9.17) is 0 Å². The zero-order valence-electron chi connectivity index (χ0n) is 16.9. The average molecular weight is 370 g/mol. The molecule has 1 aliphatic carbocycles. The fourth-order valence-electron chi connectivity index (χ4n) is 4.20. The van der Waals surface area contributed by atoms with Crippen molar-refractivity contribution in [3.8, 4) is 0 Å². The zero-order valence-corrected chi connectivity index (χ0v) is 16.9. The summed E-state index contributed by atoms with van der Waals surface area (Å²) in [4.78, 5) is 24.4.